The van der Waals surface area contributed by atoms with E-state index in [9.17, 15) is 8.78 Å². The van der Waals surface area contributed by atoms with Crippen molar-refractivity contribution in [3.8, 4) is 5.75 Å². The van der Waals surface area contributed by atoms with Crippen molar-refractivity contribution in [3.05, 3.63) is 23.8 Å². The van der Waals surface area contributed by atoms with Crippen LogP contribution in [0.25, 0.3) is 0 Å². The molecular weight excluding hydrogens is 319 g/mol. The molecule has 3 aliphatic rings. The molecule has 3 saturated heterocycles. The Hall–Kier alpha value is -0.640. The van der Waals surface area contributed by atoms with Crippen molar-refractivity contribution in [3.63, 3.8) is 0 Å². The van der Waals surface area contributed by atoms with Crippen LogP contribution in [0.4, 0.5) is 8.78 Å². The molecule has 3 nitrogen and oxygen atoms in total. The lowest BCUT2D eigenvalue weighted by molar-refractivity contribution is 0.00578. The maximum absolute atomic E-state index is 14.5. The number of fused-ring (bicyclic) bond motifs is 1. The zero-order chi connectivity index (χ0) is 16.6. The summed E-state index contributed by atoms with van der Waals surface area (Å²) in [6.07, 6.45) is 2.80. The van der Waals surface area contributed by atoms with E-state index in [2.05, 4.69) is 0 Å². The zero-order valence-corrected chi connectivity index (χ0v) is 14.6. The van der Waals surface area contributed by atoms with Crippen molar-refractivity contribution in [1.29, 1.82) is 0 Å². The summed E-state index contributed by atoms with van der Waals surface area (Å²) < 4.78 is 46.1. The minimum atomic E-state index is -0.941. The standard InChI is InChI=1S/C15H19B2F2O3P/c1-14(2)15(3,4)22-17(21-14)10-5-6-11(13(19)12(10)18)20-23-8-9-7-16(9)23/h5-6,9H,7-8H2,1-4H3. The molecule has 2 unspecified atom stereocenters. The van der Waals surface area contributed by atoms with Crippen LogP contribution in [0.2, 0.25) is 12.1 Å². The van der Waals surface area contributed by atoms with Crippen molar-refractivity contribution >= 4 is 27.0 Å². The van der Waals surface area contributed by atoms with Crippen LogP contribution >= 0.6 is 8.03 Å². The molecule has 0 aromatic heterocycles. The van der Waals surface area contributed by atoms with Gasteiger partial charge in [0.1, 0.15) is 0 Å². The van der Waals surface area contributed by atoms with Gasteiger partial charge in [-0.05, 0) is 39.9 Å². The topological polar surface area (TPSA) is 27.7 Å². The average molecular weight is 338 g/mol. The summed E-state index contributed by atoms with van der Waals surface area (Å²) >= 11 is 0. The fourth-order valence-electron chi connectivity index (χ4n) is 3.01. The molecule has 122 valence electrons. The van der Waals surface area contributed by atoms with Gasteiger partial charge in [-0.1, -0.05) is 18.2 Å². The second-order valence-corrected chi connectivity index (χ2v) is 9.67. The quantitative estimate of drug-likeness (QED) is 0.624. The van der Waals surface area contributed by atoms with Gasteiger partial charge >= 0.3 is 7.12 Å². The van der Waals surface area contributed by atoms with Gasteiger partial charge < -0.3 is 13.8 Å². The van der Waals surface area contributed by atoms with Crippen LogP contribution in [0.3, 0.4) is 0 Å². The lowest BCUT2D eigenvalue weighted by Crippen LogP contribution is -2.41. The van der Waals surface area contributed by atoms with Crippen molar-refractivity contribution in [2.45, 2.75) is 51.0 Å². The third-order valence-electron chi connectivity index (χ3n) is 5.47. The molecule has 0 spiro atoms. The summed E-state index contributed by atoms with van der Waals surface area (Å²) in [6, 6.07) is 3.01. The summed E-state index contributed by atoms with van der Waals surface area (Å²) in [5.74, 6) is -1.09. The third-order valence-corrected chi connectivity index (χ3v) is 8.10. The SMILES string of the molecule is CC1(C)OB(c2ccc(OP3CC4CB43)c(F)c2F)OC1(C)C. The summed E-state index contributed by atoms with van der Waals surface area (Å²) in [5.41, 5.74) is -1.10. The normalized spacial score (nSPS) is 30.0. The van der Waals surface area contributed by atoms with Crippen LogP contribution in [-0.4, -0.2) is 30.9 Å². The molecular formula is C15H19B2F2O3P. The van der Waals surface area contributed by atoms with Gasteiger partial charge in [0.05, 0.1) is 11.2 Å². The Bertz CT molecular complexity index is 654. The minimum absolute atomic E-state index is 0.0132. The van der Waals surface area contributed by atoms with Gasteiger partial charge in [0.25, 0.3) is 0 Å². The van der Waals surface area contributed by atoms with Gasteiger partial charge in [-0.15, -0.1) is 0 Å². The van der Waals surface area contributed by atoms with E-state index in [0.717, 1.165) is 12.0 Å². The molecule has 2 atom stereocenters. The lowest BCUT2D eigenvalue weighted by Gasteiger charge is -2.32. The van der Waals surface area contributed by atoms with Crippen LogP contribution in [0.15, 0.2) is 12.1 Å². The largest absolute Gasteiger partial charge is 0.497 e. The molecule has 3 fully saturated rings. The van der Waals surface area contributed by atoms with Gasteiger partial charge in [0, 0.05) is 13.5 Å². The highest BCUT2D eigenvalue weighted by Crippen LogP contribution is 2.71. The fourth-order valence-corrected chi connectivity index (χ4v) is 5.44. The Morgan fingerprint density at radius 3 is 2.30 bits per heavy atom. The van der Waals surface area contributed by atoms with E-state index in [1.54, 1.807) is 0 Å². The van der Waals surface area contributed by atoms with Gasteiger partial charge in [-0.25, -0.2) is 4.39 Å². The molecule has 0 aliphatic carbocycles. The highest BCUT2D eigenvalue weighted by molar-refractivity contribution is 7.93. The highest BCUT2D eigenvalue weighted by atomic mass is 31.1. The summed E-state index contributed by atoms with van der Waals surface area (Å²) in [7, 11) is -1.52. The molecule has 4 rings (SSSR count). The monoisotopic (exact) mass is 338 g/mol. The third kappa shape index (κ3) is 2.43. The molecule has 0 amide bonds. The molecule has 3 aliphatic heterocycles. The lowest BCUT2D eigenvalue weighted by atomic mass is 9.78. The van der Waals surface area contributed by atoms with E-state index >= 15 is 0 Å². The number of rotatable bonds is 3. The van der Waals surface area contributed by atoms with Gasteiger partial charge in [-0.3, -0.25) is 0 Å². The Morgan fingerprint density at radius 2 is 1.78 bits per heavy atom. The van der Waals surface area contributed by atoms with Gasteiger partial charge in [-0.2, -0.15) is 4.39 Å². The van der Waals surface area contributed by atoms with Crippen LogP contribution in [0.1, 0.15) is 27.7 Å². The molecule has 0 N–H and O–H groups in total. The van der Waals surface area contributed by atoms with Crippen LogP contribution in [-0.2, 0) is 9.31 Å². The number of halogens is 2. The second kappa shape index (κ2) is 4.93. The first kappa shape index (κ1) is 15.9. The van der Waals surface area contributed by atoms with E-state index in [1.165, 1.54) is 18.5 Å². The smallest absolute Gasteiger partial charge is 0.481 e. The fraction of sp³-hybridized carbons (Fsp3) is 0.600. The van der Waals surface area contributed by atoms with Crippen molar-refractivity contribution in [2.24, 2.45) is 0 Å². The van der Waals surface area contributed by atoms with Crippen molar-refractivity contribution in [2.75, 3.05) is 6.16 Å². The van der Waals surface area contributed by atoms with Crippen molar-refractivity contribution in [1.82, 2.24) is 0 Å². The molecule has 3 heterocycles. The molecule has 1 aromatic carbocycles. The van der Waals surface area contributed by atoms with Crippen LogP contribution < -0.4 is 9.99 Å². The van der Waals surface area contributed by atoms with Gasteiger partial charge in [0.15, 0.2) is 11.6 Å². The molecule has 1 aromatic rings. The zero-order valence-electron chi connectivity index (χ0n) is 13.7. The van der Waals surface area contributed by atoms with E-state index in [1.807, 2.05) is 27.7 Å². The maximum Gasteiger partial charge on any atom is 0.497 e. The van der Waals surface area contributed by atoms with E-state index < -0.39 is 38.0 Å². The first-order valence-electron chi connectivity index (χ1n) is 7.98. The van der Waals surface area contributed by atoms with Crippen LogP contribution in [0.5, 0.6) is 5.75 Å². The Kier molecular flexibility index (Phi) is 3.40. The number of hydrogen-bond acceptors (Lipinski definition) is 3. The molecule has 0 saturated carbocycles. The Balaban J connectivity index is 1.57. The minimum Gasteiger partial charge on any atom is -0.481 e. The molecule has 8 heteroatoms. The van der Waals surface area contributed by atoms with Crippen molar-refractivity contribution < 1.29 is 22.6 Å². The van der Waals surface area contributed by atoms with E-state index in [4.69, 9.17) is 13.8 Å². The summed E-state index contributed by atoms with van der Waals surface area (Å²) in [6.45, 7) is 7.52. The summed E-state index contributed by atoms with van der Waals surface area (Å²) in [5, 5.41) is 0. The predicted molar refractivity (Wildman–Crippen MR) is 88.8 cm³/mol. The van der Waals surface area contributed by atoms with Gasteiger partial charge in [0.2, 0.25) is 12.2 Å². The first-order valence-corrected chi connectivity index (χ1v) is 9.49. The number of benzene rings is 1. The first-order chi connectivity index (χ1) is 10.7. The summed E-state index contributed by atoms with van der Waals surface area (Å²) in [4.78, 5) is 0. The molecule has 0 radical (unpaired) electrons. The van der Waals surface area contributed by atoms with E-state index in [-0.39, 0.29) is 11.2 Å². The Morgan fingerprint density at radius 1 is 1.13 bits per heavy atom. The number of hydrogen-bond donors (Lipinski definition) is 0. The highest BCUT2D eigenvalue weighted by Gasteiger charge is 2.59. The van der Waals surface area contributed by atoms with E-state index in [0.29, 0.717) is 6.43 Å². The van der Waals surface area contributed by atoms with Crippen LogP contribution in [0, 0.1) is 11.6 Å². The maximum atomic E-state index is 14.5. The molecule has 23 heavy (non-hydrogen) atoms. The molecule has 0 bridgehead atoms. The predicted octanol–water partition coefficient (Wildman–Crippen LogP) is 3.43. The Labute approximate surface area is 137 Å². The average Bonchev–Trinajstić information content (AvgIpc) is 3.03. The second-order valence-electron chi connectivity index (χ2n) is 7.62.